The Bertz CT molecular complexity index is 301. The molecule has 1 fully saturated rings. The molecule has 1 aliphatic carbocycles. The van der Waals surface area contributed by atoms with Crippen LogP contribution in [0.25, 0.3) is 0 Å². The van der Waals surface area contributed by atoms with E-state index >= 15 is 0 Å². The summed E-state index contributed by atoms with van der Waals surface area (Å²) in [6.07, 6.45) is 6.28. The molecule has 0 amide bonds. The van der Waals surface area contributed by atoms with E-state index in [2.05, 4.69) is 0 Å². The van der Waals surface area contributed by atoms with Crippen LogP contribution >= 0.6 is 11.8 Å². The van der Waals surface area contributed by atoms with Crippen LogP contribution in [0.1, 0.15) is 39.0 Å². The molecule has 0 radical (unpaired) electrons. The van der Waals surface area contributed by atoms with Gasteiger partial charge in [0, 0.05) is 17.5 Å². The van der Waals surface area contributed by atoms with Crippen LogP contribution < -0.4 is 5.73 Å². The Morgan fingerprint density at radius 3 is 2.69 bits per heavy atom. The maximum Gasteiger partial charge on any atom is 0.150 e. The molecule has 3 nitrogen and oxygen atoms in total. The van der Waals surface area contributed by atoms with Crippen LogP contribution in [0.3, 0.4) is 0 Å². The molecule has 0 bridgehead atoms. The zero-order valence-corrected chi connectivity index (χ0v) is 11.8. The monoisotopic (exact) mass is 265 g/mol. The lowest BCUT2D eigenvalue weighted by Crippen LogP contribution is -2.29. The average molecular weight is 265 g/mol. The number of nitrogens with two attached hydrogens (primary N) is 1. The second-order valence-electron chi connectivity index (χ2n) is 4.88. The number of thioether (sulfide) groups is 1. The van der Waals surface area contributed by atoms with Crippen LogP contribution in [0.4, 0.5) is 0 Å². The van der Waals surface area contributed by atoms with Gasteiger partial charge >= 0.3 is 0 Å². The first kappa shape index (κ1) is 14.3. The lowest BCUT2D eigenvalue weighted by Gasteiger charge is -2.27. The van der Waals surface area contributed by atoms with Crippen LogP contribution in [0, 0.1) is 0 Å². The molecule has 0 spiro atoms. The Morgan fingerprint density at radius 1 is 1.44 bits per heavy atom. The van der Waals surface area contributed by atoms with Crippen LogP contribution in [-0.2, 0) is 9.84 Å². The third kappa shape index (κ3) is 5.06. The first-order chi connectivity index (χ1) is 7.39. The molecule has 16 heavy (non-hydrogen) atoms. The van der Waals surface area contributed by atoms with E-state index in [0.29, 0.717) is 5.25 Å². The van der Waals surface area contributed by atoms with Crippen molar-refractivity contribution in [1.29, 1.82) is 0 Å². The van der Waals surface area contributed by atoms with Gasteiger partial charge in [-0.1, -0.05) is 6.42 Å². The highest BCUT2D eigenvalue weighted by atomic mass is 32.2. The summed E-state index contributed by atoms with van der Waals surface area (Å²) in [5.74, 6) is 1.05. The molecule has 96 valence electrons. The Balaban J connectivity index is 2.34. The van der Waals surface area contributed by atoms with Gasteiger partial charge in [0.2, 0.25) is 0 Å². The highest BCUT2D eigenvalue weighted by Crippen LogP contribution is 2.32. The smallest absolute Gasteiger partial charge is 0.150 e. The Hall–Kier alpha value is 0.260. The average Bonchev–Trinajstić information content (AvgIpc) is 2.16. The Labute approximate surface area is 103 Å². The summed E-state index contributed by atoms with van der Waals surface area (Å²) < 4.78 is 23.0. The summed E-state index contributed by atoms with van der Waals surface area (Å²) in [6.45, 7) is 2.01. The fourth-order valence-corrected chi connectivity index (χ4v) is 4.90. The van der Waals surface area contributed by atoms with Gasteiger partial charge in [-0.25, -0.2) is 8.42 Å². The molecule has 1 saturated carbocycles. The van der Waals surface area contributed by atoms with Gasteiger partial charge in [-0.3, -0.25) is 0 Å². The van der Waals surface area contributed by atoms with E-state index in [1.165, 1.54) is 6.26 Å². The van der Waals surface area contributed by atoms with Gasteiger partial charge in [-0.2, -0.15) is 11.8 Å². The molecule has 0 aromatic rings. The highest BCUT2D eigenvalue weighted by Gasteiger charge is 2.28. The van der Waals surface area contributed by atoms with E-state index in [1.807, 2.05) is 18.7 Å². The molecule has 2 N–H and O–H groups in total. The zero-order valence-electron chi connectivity index (χ0n) is 10.2. The molecule has 1 aliphatic rings. The largest absolute Gasteiger partial charge is 0.328 e. The van der Waals surface area contributed by atoms with E-state index in [1.54, 1.807) is 0 Å². The summed E-state index contributed by atoms with van der Waals surface area (Å²) in [4.78, 5) is 0. The predicted octanol–water partition coefficient (Wildman–Crippen LogP) is 1.81. The van der Waals surface area contributed by atoms with E-state index in [4.69, 9.17) is 5.73 Å². The minimum Gasteiger partial charge on any atom is -0.328 e. The molecule has 3 atom stereocenters. The van der Waals surface area contributed by atoms with Crippen LogP contribution in [0.15, 0.2) is 0 Å². The molecule has 0 heterocycles. The third-order valence-corrected chi connectivity index (χ3v) is 6.12. The van der Waals surface area contributed by atoms with Crippen molar-refractivity contribution in [2.45, 2.75) is 55.6 Å². The number of hydrogen-bond donors (Lipinski definition) is 1. The lowest BCUT2D eigenvalue weighted by atomic mass is 10.00. The van der Waals surface area contributed by atoms with Crippen molar-refractivity contribution in [3.8, 4) is 0 Å². The van der Waals surface area contributed by atoms with E-state index in [0.717, 1.165) is 37.9 Å². The molecule has 3 unspecified atom stereocenters. The second-order valence-corrected chi connectivity index (χ2v) is 8.61. The van der Waals surface area contributed by atoms with Crippen LogP contribution in [-0.4, -0.2) is 37.0 Å². The van der Waals surface area contributed by atoms with E-state index in [9.17, 15) is 8.42 Å². The topological polar surface area (TPSA) is 60.2 Å². The Kier molecular flexibility index (Phi) is 5.61. The standard InChI is InChI=1S/C11H23NO2S2/c1-9(12)6-7-15-10-4-3-5-11(8-10)16(2,13)14/h9-11H,3-8,12H2,1-2H3. The van der Waals surface area contributed by atoms with Gasteiger partial charge in [0.1, 0.15) is 9.84 Å². The van der Waals surface area contributed by atoms with Gasteiger partial charge in [0.25, 0.3) is 0 Å². The molecule has 0 aliphatic heterocycles. The molecule has 5 heteroatoms. The molecule has 0 saturated heterocycles. The first-order valence-corrected chi connectivity index (χ1v) is 8.96. The predicted molar refractivity (Wildman–Crippen MR) is 71.6 cm³/mol. The minimum absolute atomic E-state index is 0.103. The normalized spacial score (nSPS) is 28.9. The molecular formula is C11H23NO2S2. The van der Waals surface area contributed by atoms with Gasteiger partial charge in [-0.05, 0) is 38.4 Å². The van der Waals surface area contributed by atoms with Crippen molar-refractivity contribution in [1.82, 2.24) is 0 Å². The summed E-state index contributed by atoms with van der Waals surface area (Å²) in [5, 5.41) is 0.418. The summed E-state index contributed by atoms with van der Waals surface area (Å²) in [6, 6.07) is 0.252. The summed E-state index contributed by atoms with van der Waals surface area (Å²) in [5.41, 5.74) is 5.70. The van der Waals surface area contributed by atoms with Crippen molar-refractivity contribution in [3.63, 3.8) is 0 Å². The quantitative estimate of drug-likeness (QED) is 0.823. The molecule has 0 aromatic carbocycles. The van der Waals surface area contributed by atoms with Gasteiger partial charge in [-0.15, -0.1) is 0 Å². The van der Waals surface area contributed by atoms with Crippen molar-refractivity contribution < 1.29 is 8.42 Å². The minimum atomic E-state index is -2.84. The van der Waals surface area contributed by atoms with Crippen LogP contribution in [0.2, 0.25) is 0 Å². The first-order valence-electron chi connectivity index (χ1n) is 5.95. The van der Waals surface area contributed by atoms with Gasteiger partial charge in [0.05, 0.1) is 5.25 Å². The van der Waals surface area contributed by atoms with Crippen molar-refractivity contribution in [3.05, 3.63) is 0 Å². The second kappa shape index (κ2) is 6.26. The lowest BCUT2D eigenvalue weighted by molar-refractivity contribution is 0.495. The highest BCUT2D eigenvalue weighted by molar-refractivity contribution is 8.00. The maximum absolute atomic E-state index is 11.5. The number of sulfone groups is 1. The van der Waals surface area contributed by atoms with Gasteiger partial charge in [0.15, 0.2) is 0 Å². The van der Waals surface area contributed by atoms with Crippen molar-refractivity contribution in [2.75, 3.05) is 12.0 Å². The van der Waals surface area contributed by atoms with Gasteiger partial charge < -0.3 is 5.73 Å². The fourth-order valence-electron chi connectivity index (χ4n) is 2.06. The zero-order chi connectivity index (χ0) is 12.2. The molecular weight excluding hydrogens is 242 g/mol. The third-order valence-electron chi connectivity index (χ3n) is 3.11. The SMILES string of the molecule is CC(N)CCSC1CCCC(S(C)(=O)=O)C1. The van der Waals surface area contributed by atoms with Crippen molar-refractivity contribution >= 4 is 21.6 Å². The maximum atomic E-state index is 11.5. The number of rotatable bonds is 5. The van der Waals surface area contributed by atoms with Crippen molar-refractivity contribution in [2.24, 2.45) is 5.73 Å². The van der Waals surface area contributed by atoms with E-state index in [-0.39, 0.29) is 11.3 Å². The van der Waals surface area contributed by atoms with E-state index < -0.39 is 9.84 Å². The fraction of sp³-hybridized carbons (Fsp3) is 1.00. The molecule has 0 aromatic heterocycles. The molecule has 1 rings (SSSR count). The van der Waals surface area contributed by atoms with Crippen LogP contribution in [0.5, 0.6) is 0 Å². The summed E-state index contributed by atoms with van der Waals surface area (Å²) >= 11 is 1.90. The Morgan fingerprint density at radius 2 is 2.12 bits per heavy atom. The number of hydrogen-bond acceptors (Lipinski definition) is 4. The summed E-state index contributed by atoms with van der Waals surface area (Å²) in [7, 11) is -2.84.